The van der Waals surface area contributed by atoms with Crippen molar-refractivity contribution < 1.29 is 15.0 Å². The average molecular weight is 189 g/mol. The van der Waals surface area contributed by atoms with E-state index in [0.29, 0.717) is 12.3 Å². The van der Waals surface area contributed by atoms with Crippen molar-refractivity contribution in [3.05, 3.63) is 0 Å². The topological polar surface area (TPSA) is 83.5 Å². The third-order valence-electron chi connectivity index (χ3n) is 2.25. The summed E-state index contributed by atoms with van der Waals surface area (Å²) in [4.78, 5) is 10.3. The summed E-state index contributed by atoms with van der Waals surface area (Å²) < 4.78 is 0. The molecule has 78 valence electrons. The van der Waals surface area contributed by atoms with Crippen molar-refractivity contribution in [2.45, 2.75) is 45.3 Å². The molecule has 0 rings (SSSR count). The predicted octanol–water partition coefficient (Wildman–Crippen LogP) is 0.586. The number of aliphatic carboxylic acids is 1. The van der Waals surface area contributed by atoms with Gasteiger partial charge in [-0.1, -0.05) is 20.3 Å². The number of hydrogen-bond acceptors (Lipinski definition) is 3. The molecule has 0 bridgehead atoms. The van der Waals surface area contributed by atoms with Gasteiger partial charge < -0.3 is 15.9 Å². The Labute approximate surface area is 78.7 Å². The first kappa shape index (κ1) is 12.4. The summed E-state index contributed by atoms with van der Waals surface area (Å²) in [6.45, 7) is 4.08. The zero-order chi connectivity index (χ0) is 10.4. The molecule has 0 aliphatic carbocycles. The van der Waals surface area contributed by atoms with E-state index < -0.39 is 18.1 Å². The quantitative estimate of drug-likeness (QED) is 0.571. The highest BCUT2D eigenvalue weighted by atomic mass is 16.4. The summed E-state index contributed by atoms with van der Waals surface area (Å²) in [6.07, 6.45) is 0.474. The van der Waals surface area contributed by atoms with Gasteiger partial charge in [0, 0.05) is 6.04 Å². The van der Waals surface area contributed by atoms with Crippen LogP contribution in [0.2, 0.25) is 0 Å². The minimum Gasteiger partial charge on any atom is -0.481 e. The van der Waals surface area contributed by atoms with Crippen molar-refractivity contribution in [1.29, 1.82) is 0 Å². The van der Waals surface area contributed by atoms with Gasteiger partial charge in [0.25, 0.3) is 0 Å². The summed E-state index contributed by atoms with van der Waals surface area (Å²) in [7, 11) is 0. The Bertz CT molecular complexity index is 161. The molecule has 0 amide bonds. The zero-order valence-corrected chi connectivity index (χ0v) is 8.23. The Morgan fingerprint density at radius 3 is 2.46 bits per heavy atom. The molecule has 4 heteroatoms. The van der Waals surface area contributed by atoms with E-state index >= 15 is 0 Å². The van der Waals surface area contributed by atoms with Gasteiger partial charge in [0.2, 0.25) is 0 Å². The van der Waals surface area contributed by atoms with Gasteiger partial charge in [-0.05, 0) is 12.3 Å². The van der Waals surface area contributed by atoms with E-state index in [4.69, 9.17) is 10.8 Å². The van der Waals surface area contributed by atoms with Crippen molar-refractivity contribution in [3.63, 3.8) is 0 Å². The van der Waals surface area contributed by atoms with E-state index in [1.165, 1.54) is 0 Å². The molecule has 0 aliphatic rings. The lowest BCUT2D eigenvalue weighted by Crippen LogP contribution is -2.37. The second-order valence-electron chi connectivity index (χ2n) is 3.58. The molecular formula is C9H19NO3. The number of carboxylic acids is 1. The van der Waals surface area contributed by atoms with Crippen molar-refractivity contribution >= 4 is 5.97 Å². The van der Waals surface area contributed by atoms with Gasteiger partial charge in [0.05, 0.1) is 12.5 Å². The lowest BCUT2D eigenvalue weighted by atomic mass is 9.95. The van der Waals surface area contributed by atoms with E-state index in [1.807, 2.05) is 13.8 Å². The van der Waals surface area contributed by atoms with E-state index in [1.54, 1.807) is 0 Å². The first-order valence-electron chi connectivity index (χ1n) is 4.62. The van der Waals surface area contributed by atoms with Gasteiger partial charge in [-0.15, -0.1) is 0 Å². The second-order valence-corrected chi connectivity index (χ2v) is 3.58. The van der Waals surface area contributed by atoms with Gasteiger partial charge >= 0.3 is 5.97 Å². The van der Waals surface area contributed by atoms with Crippen LogP contribution in [-0.4, -0.2) is 28.3 Å². The Morgan fingerprint density at radius 1 is 1.54 bits per heavy atom. The Hall–Kier alpha value is -0.610. The molecule has 0 aromatic carbocycles. The smallest absolute Gasteiger partial charge is 0.306 e. The molecule has 0 aromatic heterocycles. The van der Waals surface area contributed by atoms with E-state index in [-0.39, 0.29) is 6.42 Å². The lowest BCUT2D eigenvalue weighted by Gasteiger charge is -2.20. The largest absolute Gasteiger partial charge is 0.481 e. The maximum atomic E-state index is 10.3. The molecule has 3 unspecified atom stereocenters. The molecule has 0 saturated carbocycles. The molecule has 4 nitrogen and oxygen atoms in total. The van der Waals surface area contributed by atoms with Gasteiger partial charge in [-0.25, -0.2) is 0 Å². The van der Waals surface area contributed by atoms with Crippen molar-refractivity contribution in [2.75, 3.05) is 0 Å². The highest BCUT2D eigenvalue weighted by molar-refractivity contribution is 5.67. The molecule has 0 saturated heterocycles. The fourth-order valence-corrected chi connectivity index (χ4v) is 1.12. The second kappa shape index (κ2) is 5.94. The maximum Gasteiger partial charge on any atom is 0.306 e. The van der Waals surface area contributed by atoms with Crippen LogP contribution in [0.3, 0.4) is 0 Å². The van der Waals surface area contributed by atoms with Gasteiger partial charge in [0.15, 0.2) is 0 Å². The SMILES string of the molecule is CCC(C)CC(N)C(O)CC(=O)O. The summed E-state index contributed by atoms with van der Waals surface area (Å²) in [5.41, 5.74) is 5.63. The van der Waals surface area contributed by atoms with Crippen LogP contribution in [0.5, 0.6) is 0 Å². The van der Waals surface area contributed by atoms with Crippen LogP contribution < -0.4 is 5.73 Å². The summed E-state index contributed by atoms with van der Waals surface area (Å²) >= 11 is 0. The first-order chi connectivity index (χ1) is 5.97. The van der Waals surface area contributed by atoms with Crippen LogP contribution in [0.1, 0.15) is 33.1 Å². The minimum atomic E-state index is -1.01. The number of rotatable bonds is 6. The standard InChI is InChI=1S/C9H19NO3/c1-3-6(2)4-7(10)8(11)5-9(12)13/h6-8,11H,3-5,10H2,1-2H3,(H,12,13). The fraction of sp³-hybridized carbons (Fsp3) is 0.889. The monoisotopic (exact) mass is 189 g/mol. The van der Waals surface area contributed by atoms with Crippen LogP contribution in [0.15, 0.2) is 0 Å². The Balaban J connectivity index is 3.81. The van der Waals surface area contributed by atoms with E-state index in [9.17, 15) is 9.90 Å². The van der Waals surface area contributed by atoms with Crippen molar-refractivity contribution in [1.82, 2.24) is 0 Å². The number of aliphatic hydroxyl groups is 1. The summed E-state index contributed by atoms with van der Waals surface area (Å²) in [5, 5.41) is 17.7. The van der Waals surface area contributed by atoms with Crippen LogP contribution >= 0.6 is 0 Å². The molecule has 0 spiro atoms. The number of hydrogen-bond donors (Lipinski definition) is 3. The van der Waals surface area contributed by atoms with Crippen molar-refractivity contribution in [3.8, 4) is 0 Å². The van der Waals surface area contributed by atoms with Gasteiger partial charge in [-0.3, -0.25) is 4.79 Å². The molecule has 0 aliphatic heterocycles. The number of aliphatic hydroxyl groups excluding tert-OH is 1. The molecule has 3 atom stereocenters. The summed E-state index contributed by atoms with van der Waals surface area (Å²) in [5.74, 6) is -0.578. The maximum absolute atomic E-state index is 10.3. The Morgan fingerprint density at radius 2 is 2.08 bits per heavy atom. The molecule has 0 heterocycles. The van der Waals surface area contributed by atoms with Crippen molar-refractivity contribution in [2.24, 2.45) is 11.7 Å². The van der Waals surface area contributed by atoms with Gasteiger partial charge in [-0.2, -0.15) is 0 Å². The number of carboxylic acid groups (broad SMARTS) is 1. The Kier molecular flexibility index (Phi) is 5.66. The minimum absolute atomic E-state index is 0.266. The molecular weight excluding hydrogens is 170 g/mol. The van der Waals surface area contributed by atoms with Crippen LogP contribution in [0.25, 0.3) is 0 Å². The van der Waals surface area contributed by atoms with E-state index in [0.717, 1.165) is 6.42 Å². The third kappa shape index (κ3) is 5.60. The third-order valence-corrected chi connectivity index (χ3v) is 2.25. The highest BCUT2D eigenvalue weighted by Crippen LogP contribution is 2.12. The molecule has 13 heavy (non-hydrogen) atoms. The fourth-order valence-electron chi connectivity index (χ4n) is 1.12. The van der Waals surface area contributed by atoms with Crippen LogP contribution in [0.4, 0.5) is 0 Å². The molecule has 0 fully saturated rings. The average Bonchev–Trinajstić information content (AvgIpc) is 2.02. The zero-order valence-electron chi connectivity index (χ0n) is 8.23. The lowest BCUT2D eigenvalue weighted by molar-refractivity contribution is -0.139. The van der Waals surface area contributed by atoms with Crippen LogP contribution in [0, 0.1) is 5.92 Å². The number of carbonyl (C=O) groups is 1. The molecule has 0 aromatic rings. The van der Waals surface area contributed by atoms with E-state index in [2.05, 4.69) is 0 Å². The predicted molar refractivity (Wildman–Crippen MR) is 50.3 cm³/mol. The normalized spacial score (nSPS) is 17.8. The first-order valence-corrected chi connectivity index (χ1v) is 4.62. The molecule has 4 N–H and O–H groups in total. The number of nitrogens with two attached hydrogens (primary N) is 1. The molecule has 0 radical (unpaired) electrons. The van der Waals surface area contributed by atoms with Gasteiger partial charge in [0.1, 0.15) is 0 Å². The van der Waals surface area contributed by atoms with Crippen LogP contribution in [-0.2, 0) is 4.79 Å². The highest BCUT2D eigenvalue weighted by Gasteiger charge is 2.19. The summed E-state index contributed by atoms with van der Waals surface area (Å²) in [6, 6.07) is -0.425.